The third kappa shape index (κ3) is 2.82. The van der Waals surface area contributed by atoms with Crippen molar-refractivity contribution in [1.82, 2.24) is 9.80 Å². The molecular weight excluding hydrogens is 330 g/mol. The molecule has 2 aliphatic heterocycles. The molecule has 1 saturated carbocycles. The van der Waals surface area contributed by atoms with E-state index < -0.39 is 0 Å². The van der Waals surface area contributed by atoms with Gasteiger partial charge in [-0.3, -0.25) is 19.3 Å². The standard InChI is InChI=1S/C20H25N3O3/c21-11-13-8-9-22(12-13)18(24)14-6-7-16-17(10-14)20(26)23(19(16)25)15-4-2-1-3-5-15/h6-7,10,13,15H,1-5,8-9,11-12,21H2. The lowest BCUT2D eigenvalue weighted by atomic mass is 9.94. The zero-order chi connectivity index (χ0) is 18.3. The van der Waals surface area contributed by atoms with Gasteiger partial charge in [-0.1, -0.05) is 19.3 Å². The highest BCUT2D eigenvalue weighted by Gasteiger charge is 2.40. The average Bonchev–Trinajstić information content (AvgIpc) is 3.25. The van der Waals surface area contributed by atoms with E-state index in [2.05, 4.69) is 0 Å². The van der Waals surface area contributed by atoms with Gasteiger partial charge < -0.3 is 10.6 Å². The van der Waals surface area contributed by atoms with Crippen LogP contribution in [-0.2, 0) is 0 Å². The number of benzene rings is 1. The normalized spacial score (nSPS) is 23.7. The van der Waals surface area contributed by atoms with Gasteiger partial charge in [-0.15, -0.1) is 0 Å². The molecule has 3 amide bonds. The van der Waals surface area contributed by atoms with Crippen LogP contribution in [0.2, 0.25) is 0 Å². The minimum atomic E-state index is -0.243. The quantitative estimate of drug-likeness (QED) is 0.841. The number of amides is 3. The summed E-state index contributed by atoms with van der Waals surface area (Å²) in [5.41, 5.74) is 6.99. The maximum absolute atomic E-state index is 12.9. The van der Waals surface area contributed by atoms with Gasteiger partial charge in [0.05, 0.1) is 11.1 Å². The largest absolute Gasteiger partial charge is 0.338 e. The van der Waals surface area contributed by atoms with Crippen LogP contribution in [-0.4, -0.2) is 53.2 Å². The lowest BCUT2D eigenvalue weighted by molar-refractivity contribution is 0.0548. The Bertz CT molecular complexity index is 755. The number of carbonyl (C=O) groups excluding carboxylic acids is 3. The summed E-state index contributed by atoms with van der Waals surface area (Å²) in [4.78, 5) is 41.6. The fourth-order valence-corrected chi connectivity index (χ4v) is 4.46. The fourth-order valence-electron chi connectivity index (χ4n) is 4.46. The molecule has 1 aromatic rings. The number of fused-ring (bicyclic) bond motifs is 1. The van der Waals surface area contributed by atoms with Crippen molar-refractivity contribution in [2.75, 3.05) is 19.6 Å². The van der Waals surface area contributed by atoms with E-state index in [-0.39, 0.29) is 23.8 Å². The highest BCUT2D eigenvalue weighted by atomic mass is 16.2. The highest BCUT2D eigenvalue weighted by Crippen LogP contribution is 2.32. The molecular formula is C20H25N3O3. The molecule has 6 heteroatoms. The second-order valence-corrected chi connectivity index (χ2v) is 7.67. The topological polar surface area (TPSA) is 83.7 Å². The molecule has 1 aliphatic carbocycles. The van der Waals surface area contributed by atoms with Gasteiger partial charge in [0.1, 0.15) is 0 Å². The number of hydrogen-bond acceptors (Lipinski definition) is 4. The summed E-state index contributed by atoms with van der Waals surface area (Å²) in [5, 5.41) is 0. The number of carbonyl (C=O) groups is 3. The minimum Gasteiger partial charge on any atom is -0.338 e. The van der Waals surface area contributed by atoms with Crippen LogP contribution >= 0.6 is 0 Å². The van der Waals surface area contributed by atoms with Crippen molar-refractivity contribution in [3.8, 4) is 0 Å². The van der Waals surface area contributed by atoms with Gasteiger partial charge in [0.25, 0.3) is 17.7 Å². The lowest BCUT2D eigenvalue weighted by Crippen LogP contribution is -2.40. The Morgan fingerprint density at radius 2 is 1.77 bits per heavy atom. The molecule has 0 bridgehead atoms. The van der Waals surface area contributed by atoms with E-state index in [0.29, 0.717) is 42.2 Å². The number of rotatable bonds is 3. The molecule has 1 unspecified atom stereocenters. The lowest BCUT2D eigenvalue weighted by Gasteiger charge is -2.29. The fraction of sp³-hybridized carbons (Fsp3) is 0.550. The van der Waals surface area contributed by atoms with Crippen molar-refractivity contribution < 1.29 is 14.4 Å². The second kappa shape index (κ2) is 6.83. The maximum atomic E-state index is 12.9. The molecule has 26 heavy (non-hydrogen) atoms. The van der Waals surface area contributed by atoms with Gasteiger partial charge in [0, 0.05) is 24.7 Å². The molecule has 6 nitrogen and oxygen atoms in total. The zero-order valence-corrected chi connectivity index (χ0v) is 14.9. The van der Waals surface area contributed by atoms with Gasteiger partial charge in [-0.05, 0) is 49.9 Å². The van der Waals surface area contributed by atoms with E-state index in [0.717, 1.165) is 38.5 Å². The first-order valence-corrected chi connectivity index (χ1v) is 9.61. The van der Waals surface area contributed by atoms with Crippen LogP contribution in [0.1, 0.15) is 69.6 Å². The number of nitrogens with two attached hydrogens (primary N) is 1. The molecule has 1 saturated heterocycles. The molecule has 2 fully saturated rings. The molecule has 0 radical (unpaired) electrons. The summed E-state index contributed by atoms with van der Waals surface area (Å²) >= 11 is 0. The Morgan fingerprint density at radius 3 is 2.46 bits per heavy atom. The maximum Gasteiger partial charge on any atom is 0.261 e. The van der Waals surface area contributed by atoms with Gasteiger partial charge in [-0.25, -0.2) is 0 Å². The van der Waals surface area contributed by atoms with Gasteiger partial charge in [0.2, 0.25) is 0 Å². The predicted octanol–water partition coefficient (Wildman–Crippen LogP) is 2.04. The molecule has 1 aromatic carbocycles. The highest BCUT2D eigenvalue weighted by molar-refractivity contribution is 6.22. The molecule has 2 N–H and O–H groups in total. The average molecular weight is 355 g/mol. The molecule has 0 aromatic heterocycles. The van der Waals surface area contributed by atoms with E-state index >= 15 is 0 Å². The third-order valence-electron chi connectivity index (χ3n) is 6.01. The van der Waals surface area contributed by atoms with Crippen LogP contribution in [0.3, 0.4) is 0 Å². The first-order chi connectivity index (χ1) is 12.6. The summed E-state index contributed by atoms with van der Waals surface area (Å²) in [5.74, 6) is -0.188. The molecule has 3 aliphatic rings. The first-order valence-electron chi connectivity index (χ1n) is 9.61. The number of hydrogen-bond donors (Lipinski definition) is 1. The van der Waals surface area contributed by atoms with Gasteiger partial charge in [0.15, 0.2) is 0 Å². The smallest absolute Gasteiger partial charge is 0.261 e. The van der Waals surface area contributed by atoms with Crippen LogP contribution in [0.15, 0.2) is 18.2 Å². The van der Waals surface area contributed by atoms with Crippen LogP contribution in [0.25, 0.3) is 0 Å². The number of nitrogens with zero attached hydrogens (tertiary/aromatic N) is 2. The van der Waals surface area contributed by atoms with E-state index in [4.69, 9.17) is 5.73 Å². The van der Waals surface area contributed by atoms with Crippen molar-refractivity contribution in [3.05, 3.63) is 34.9 Å². The van der Waals surface area contributed by atoms with Crippen LogP contribution in [0.4, 0.5) is 0 Å². The van der Waals surface area contributed by atoms with Crippen molar-refractivity contribution in [3.63, 3.8) is 0 Å². The summed E-state index contributed by atoms with van der Waals surface area (Å²) in [6.45, 7) is 1.93. The molecule has 138 valence electrons. The van der Waals surface area contributed by atoms with Crippen molar-refractivity contribution in [1.29, 1.82) is 0 Å². The Morgan fingerprint density at radius 1 is 1.04 bits per heavy atom. The van der Waals surface area contributed by atoms with Crippen LogP contribution < -0.4 is 5.73 Å². The predicted molar refractivity (Wildman–Crippen MR) is 96.9 cm³/mol. The molecule has 2 heterocycles. The monoisotopic (exact) mass is 355 g/mol. The van der Waals surface area contributed by atoms with Gasteiger partial charge >= 0.3 is 0 Å². The van der Waals surface area contributed by atoms with Crippen LogP contribution in [0.5, 0.6) is 0 Å². The Hall–Kier alpha value is -2.21. The Labute approximate surface area is 153 Å². The minimum absolute atomic E-state index is 0.000744. The van der Waals surface area contributed by atoms with Crippen molar-refractivity contribution >= 4 is 17.7 Å². The Kier molecular flexibility index (Phi) is 4.53. The number of likely N-dealkylation sites (tertiary alicyclic amines) is 1. The number of imide groups is 1. The van der Waals surface area contributed by atoms with Crippen LogP contribution in [0, 0.1) is 5.92 Å². The summed E-state index contributed by atoms with van der Waals surface area (Å²) in [7, 11) is 0. The van der Waals surface area contributed by atoms with E-state index in [1.807, 2.05) is 0 Å². The zero-order valence-electron chi connectivity index (χ0n) is 14.9. The molecule has 4 rings (SSSR count). The van der Waals surface area contributed by atoms with Crippen molar-refractivity contribution in [2.45, 2.75) is 44.6 Å². The van der Waals surface area contributed by atoms with Crippen molar-refractivity contribution in [2.24, 2.45) is 11.7 Å². The van der Waals surface area contributed by atoms with E-state index in [1.165, 1.54) is 4.90 Å². The Balaban J connectivity index is 1.57. The first kappa shape index (κ1) is 17.2. The summed E-state index contributed by atoms with van der Waals surface area (Å²) in [6.07, 6.45) is 5.95. The molecule has 1 atom stereocenters. The van der Waals surface area contributed by atoms with Gasteiger partial charge in [-0.2, -0.15) is 0 Å². The summed E-state index contributed by atoms with van der Waals surface area (Å²) < 4.78 is 0. The third-order valence-corrected chi connectivity index (χ3v) is 6.01. The van der Waals surface area contributed by atoms with E-state index in [9.17, 15) is 14.4 Å². The second-order valence-electron chi connectivity index (χ2n) is 7.67. The molecule has 0 spiro atoms. The summed E-state index contributed by atoms with van der Waals surface area (Å²) in [6, 6.07) is 4.92. The van der Waals surface area contributed by atoms with E-state index in [1.54, 1.807) is 23.1 Å². The SMILES string of the molecule is NCC1CCN(C(=O)c2ccc3c(c2)C(=O)N(C2CCCCC2)C3=O)C1.